The number of rotatable bonds is 7. The van der Waals surface area contributed by atoms with E-state index in [-0.39, 0.29) is 17.9 Å². The lowest BCUT2D eigenvalue weighted by Crippen LogP contribution is -2.29. The Bertz CT molecular complexity index is 1380. The van der Waals surface area contributed by atoms with Crippen LogP contribution in [-0.4, -0.2) is 25.1 Å². The SMILES string of the molecule is C=CCn1c(C)c(CC(=O)Nc2ccc(CC)cc2)c(=O)n2nc(-c3ccc(C)cc3)nc12. The van der Waals surface area contributed by atoms with Crippen molar-refractivity contribution in [2.24, 2.45) is 0 Å². The van der Waals surface area contributed by atoms with Crippen molar-refractivity contribution in [3.8, 4) is 11.4 Å². The standard InChI is InChI=1S/C26H27N5O2/c1-5-15-30-18(4)22(16-23(32)27-21-13-9-19(6-2)10-14-21)25(33)31-26(30)28-24(29-31)20-11-7-17(3)8-12-20/h5,7-14H,1,6,15-16H2,2-4H3,(H,27,32). The minimum absolute atomic E-state index is 0.0625. The molecule has 0 saturated carbocycles. The predicted molar refractivity (Wildman–Crippen MR) is 131 cm³/mol. The summed E-state index contributed by atoms with van der Waals surface area (Å²) in [6.45, 7) is 10.2. The Morgan fingerprint density at radius 1 is 1.09 bits per heavy atom. The van der Waals surface area contributed by atoms with Crippen LogP contribution in [0.25, 0.3) is 17.2 Å². The summed E-state index contributed by atoms with van der Waals surface area (Å²) < 4.78 is 3.14. The Kier molecular flexibility index (Phi) is 6.22. The molecule has 0 radical (unpaired) electrons. The molecule has 4 rings (SSSR count). The number of aromatic nitrogens is 4. The lowest BCUT2D eigenvalue weighted by molar-refractivity contribution is -0.115. The number of hydrogen-bond donors (Lipinski definition) is 1. The molecule has 7 heteroatoms. The zero-order valence-electron chi connectivity index (χ0n) is 19.1. The van der Waals surface area contributed by atoms with Crippen molar-refractivity contribution >= 4 is 17.4 Å². The highest BCUT2D eigenvalue weighted by molar-refractivity contribution is 5.92. The Hall–Kier alpha value is -4.00. The molecule has 0 fully saturated rings. The second-order valence-electron chi connectivity index (χ2n) is 8.06. The van der Waals surface area contributed by atoms with Crippen molar-refractivity contribution < 1.29 is 4.79 Å². The maximum absolute atomic E-state index is 13.3. The average Bonchev–Trinajstić information content (AvgIpc) is 3.26. The van der Waals surface area contributed by atoms with E-state index in [1.165, 1.54) is 10.1 Å². The third-order valence-electron chi connectivity index (χ3n) is 5.73. The predicted octanol–water partition coefficient (Wildman–Crippen LogP) is 4.10. The molecule has 2 aromatic carbocycles. The van der Waals surface area contributed by atoms with Gasteiger partial charge in [-0.15, -0.1) is 11.7 Å². The maximum Gasteiger partial charge on any atom is 0.279 e. The van der Waals surface area contributed by atoms with Gasteiger partial charge in [-0.1, -0.05) is 55.0 Å². The average molecular weight is 442 g/mol. The van der Waals surface area contributed by atoms with Crippen molar-refractivity contribution in [1.82, 2.24) is 19.2 Å². The van der Waals surface area contributed by atoms with Gasteiger partial charge in [0.05, 0.1) is 6.42 Å². The first-order valence-corrected chi connectivity index (χ1v) is 11.0. The number of amides is 1. The summed E-state index contributed by atoms with van der Waals surface area (Å²) in [6, 6.07) is 15.5. The zero-order valence-corrected chi connectivity index (χ0v) is 19.1. The molecular formula is C26H27N5O2. The number of nitrogens with one attached hydrogen (secondary N) is 1. The monoisotopic (exact) mass is 441 g/mol. The number of fused-ring (bicyclic) bond motifs is 1. The van der Waals surface area contributed by atoms with Crippen LogP contribution in [0, 0.1) is 13.8 Å². The molecule has 0 unspecified atom stereocenters. The molecular weight excluding hydrogens is 414 g/mol. The van der Waals surface area contributed by atoms with E-state index in [2.05, 4.69) is 28.9 Å². The van der Waals surface area contributed by atoms with E-state index in [1.807, 2.05) is 66.9 Å². The van der Waals surface area contributed by atoms with Crippen molar-refractivity contribution in [1.29, 1.82) is 0 Å². The van der Waals surface area contributed by atoms with Crippen LogP contribution < -0.4 is 10.9 Å². The van der Waals surface area contributed by atoms with Gasteiger partial charge in [-0.3, -0.25) is 9.59 Å². The van der Waals surface area contributed by atoms with Crippen LogP contribution in [0.4, 0.5) is 5.69 Å². The lowest BCUT2D eigenvalue weighted by Gasteiger charge is -2.14. The fourth-order valence-corrected chi connectivity index (χ4v) is 3.78. The van der Waals surface area contributed by atoms with Gasteiger partial charge in [0.15, 0.2) is 5.82 Å². The first-order valence-electron chi connectivity index (χ1n) is 11.0. The van der Waals surface area contributed by atoms with Crippen LogP contribution in [0.3, 0.4) is 0 Å². The molecule has 168 valence electrons. The quantitative estimate of drug-likeness (QED) is 0.438. The molecule has 33 heavy (non-hydrogen) atoms. The third kappa shape index (κ3) is 4.48. The van der Waals surface area contributed by atoms with E-state index < -0.39 is 0 Å². The molecule has 2 aromatic heterocycles. The number of allylic oxidation sites excluding steroid dienone is 1. The fourth-order valence-electron chi connectivity index (χ4n) is 3.78. The second-order valence-corrected chi connectivity index (χ2v) is 8.06. The molecule has 0 atom stereocenters. The van der Waals surface area contributed by atoms with Crippen LogP contribution >= 0.6 is 0 Å². The Morgan fingerprint density at radius 2 is 1.79 bits per heavy atom. The van der Waals surface area contributed by atoms with Gasteiger partial charge < -0.3 is 9.88 Å². The van der Waals surface area contributed by atoms with Gasteiger partial charge >= 0.3 is 0 Å². The topological polar surface area (TPSA) is 81.3 Å². The van der Waals surface area contributed by atoms with Crippen LogP contribution in [0.15, 0.2) is 66.0 Å². The minimum Gasteiger partial charge on any atom is -0.326 e. The third-order valence-corrected chi connectivity index (χ3v) is 5.73. The van der Waals surface area contributed by atoms with Crippen molar-refractivity contribution in [2.75, 3.05) is 5.32 Å². The number of carbonyl (C=O) groups is 1. The number of nitrogens with zero attached hydrogens (tertiary/aromatic N) is 4. The number of aryl methyl sites for hydroxylation is 2. The van der Waals surface area contributed by atoms with E-state index in [0.717, 1.165) is 17.5 Å². The number of anilines is 1. The molecule has 1 amide bonds. The van der Waals surface area contributed by atoms with E-state index in [1.54, 1.807) is 6.08 Å². The lowest BCUT2D eigenvalue weighted by atomic mass is 10.1. The van der Waals surface area contributed by atoms with Gasteiger partial charge in [0.2, 0.25) is 11.7 Å². The Morgan fingerprint density at radius 3 is 2.42 bits per heavy atom. The van der Waals surface area contributed by atoms with Crippen molar-refractivity contribution in [2.45, 2.75) is 40.2 Å². The highest BCUT2D eigenvalue weighted by Gasteiger charge is 2.20. The van der Waals surface area contributed by atoms with Crippen molar-refractivity contribution in [3.63, 3.8) is 0 Å². The van der Waals surface area contributed by atoms with E-state index in [9.17, 15) is 9.59 Å². The van der Waals surface area contributed by atoms with Crippen LogP contribution in [-0.2, 0) is 24.2 Å². The number of benzene rings is 2. The van der Waals surface area contributed by atoms with E-state index in [0.29, 0.717) is 35.1 Å². The number of carbonyl (C=O) groups excluding carboxylic acids is 1. The first-order chi connectivity index (χ1) is 15.9. The fraction of sp³-hybridized carbons (Fsp3) is 0.231. The molecule has 0 bridgehead atoms. The Labute approximate surface area is 192 Å². The summed E-state index contributed by atoms with van der Waals surface area (Å²) >= 11 is 0. The van der Waals surface area contributed by atoms with Crippen LogP contribution in [0.5, 0.6) is 0 Å². The molecule has 0 spiro atoms. The Balaban J connectivity index is 1.72. The summed E-state index contributed by atoms with van der Waals surface area (Å²) in [5.41, 5.74) is 4.55. The minimum atomic E-state index is -0.342. The molecule has 0 aliphatic rings. The normalized spacial score (nSPS) is 11.0. The van der Waals surface area contributed by atoms with E-state index in [4.69, 9.17) is 0 Å². The highest BCUT2D eigenvalue weighted by Crippen LogP contribution is 2.18. The molecule has 0 aliphatic heterocycles. The number of hydrogen-bond acceptors (Lipinski definition) is 4. The van der Waals surface area contributed by atoms with Crippen LogP contribution in [0.2, 0.25) is 0 Å². The summed E-state index contributed by atoms with van der Waals surface area (Å²) in [6.07, 6.45) is 2.60. The molecule has 0 aliphatic carbocycles. The molecule has 4 aromatic rings. The summed E-state index contributed by atoms with van der Waals surface area (Å²) in [4.78, 5) is 30.7. The molecule has 2 heterocycles. The summed E-state index contributed by atoms with van der Waals surface area (Å²) in [5.74, 6) is 0.622. The molecule has 7 nitrogen and oxygen atoms in total. The molecule has 1 N–H and O–H groups in total. The van der Waals surface area contributed by atoms with Gasteiger partial charge in [0.1, 0.15) is 0 Å². The highest BCUT2D eigenvalue weighted by atomic mass is 16.2. The smallest absolute Gasteiger partial charge is 0.279 e. The van der Waals surface area contributed by atoms with E-state index >= 15 is 0 Å². The maximum atomic E-state index is 13.3. The van der Waals surface area contributed by atoms with Gasteiger partial charge in [0.25, 0.3) is 5.56 Å². The first kappa shape index (κ1) is 22.2. The second kappa shape index (κ2) is 9.24. The zero-order chi connectivity index (χ0) is 23.5. The van der Waals surface area contributed by atoms with Crippen molar-refractivity contribution in [3.05, 3.63) is 93.9 Å². The van der Waals surface area contributed by atoms with Gasteiger partial charge in [-0.2, -0.15) is 9.50 Å². The van der Waals surface area contributed by atoms with Gasteiger partial charge in [-0.05, 0) is 38.0 Å². The van der Waals surface area contributed by atoms with Gasteiger partial charge in [0, 0.05) is 29.1 Å². The van der Waals surface area contributed by atoms with Gasteiger partial charge in [-0.25, -0.2) is 0 Å². The molecule has 0 saturated heterocycles. The largest absolute Gasteiger partial charge is 0.326 e. The van der Waals surface area contributed by atoms with Crippen LogP contribution in [0.1, 0.15) is 29.3 Å². The summed E-state index contributed by atoms with van der Waals surface area (Å²) in [5, 5.41) is 7.35. The summed E-state index contributed by atoms with van der Waals surface area (Å²) in [7, 11) is 0.